The standard InChI is InChI=1S/C15H24N2O5/c1-11(2)13(18)21-9-5-7-16-15(20)17-8-6-10-22-14(19)12(3)4/h1,3,5-10H2,2,4H3,(H2,16,17,20). The third kappa shape index (κ3) is 10.5. The molecule has 0 aromatic rings. The quantitative estimate of drug-likeness (QED) is 0.360. The summed E-state index contributed by atoms with van der Waals surface area (Å²) in [6.07, 6.45) is 1.03. The lowest BCUT2D eigenvalue weighted by atomic mass is 10.3. The van der Waals surface area contributed by atoms with Gasteiger partial charge >= 0.3 is 18.0 Å². The summed E-state index contributed by atoms with van der Waals surface area (Å²) >= 11 is 0. The number of urea groups is 1. The van der Waals surface area contributed by atoms with Crippen molar-refractivity contribution >= 4 is 18.0 Å². The topological polar surface area (TPSA) is 93.7 Å². The number of hydrogen-bond donors (Lipinski definition) is 2. The second kappa shape index (κ2) is 11.4. The van der Waals surface area contributed by atoms with Crippen LogP contribution in [0.25, 0.3) is 0 Å². The van der Waals surface area contributed by atoms with E-state index in [1.807, 2.05) is 0 Å². The monoisotopic (exact) mass is 312 g/mol. The first kappa shape index (κ1) is 19.7. The predicted octanol–water partition coefficient (Wildman–Crippen LogP) is 1.30. The number of rotatable bonds is 10. The van der Waals surface area contributed by atoms with E-state index in [4.69, 9.17) is 9.47 Å². The van der Waals surface area contributed by atoms with Gasteiger partial charge in [0.2, 0.25) is 0 Å². The molecule has 0 aromatic carbocycles. The van der Waals surface area contributed by atoms with Gasteiger partial charge in [0.25, 0.3) is 0 Å². The van der Waals surface area contributed by atoms with E-state index in [-0.39, 0.29) is 19.2 Å². The molecular weight excluding hydrogens is 288 g/mol. The molecule has 0 aromatic heterocycles. The van der Waals surface area contributed by atoms with E-state index in [9.17, 15) is 14.4 Å². The Morgan fingerprint density at radius 3 is 1.50 bits per heavy atom. The van der Waals surface area contributed by atoms with Crippen molar-refractivity contribution in [3.8, 4) is 0 Å². The average molecular weight is 312 g/mol. The number of carbonyl (C=O) groups excluding carboxylic acids is 3. The van der Waals surface area contributed by atoms with Gasteiger partial charge in [0, 0.05) is 24.2 Å². The van der Waals surface area contributed by atoms with Crippen molar-refractivity contribution in [3.05, 3.63) is 24.3 Å². The van der Waals surface area contributed by atoms with Crippen LogP contribution in [0.15, 0.2) is 24.3 Å². The first-order valence-corrected chi connectivity index (χ1v) is 7.01. The van der Waals surface area contributed by atoms with Crippen LogP contribution in [-0.2, 0) is 19.1 Å². The Morgan fingerprint density at radius 1 is 0.818 bits per heavy atom. The molecule has 0 saturated heterocycles. The number of esters is 2. The Kier molecular flexibility index (Phi) is 10.2. The summed E-state index contributed by atoms with van der Waals surface area (Å²) in [6.45, 7) is 11.3. The molecule has 0 rings (SSSR count). The fourth-order valence-corrected chi connectivity index (χ4v) is 1.19. The highest BCUT2D eigenvalue weighted by Crippen LogP contribution is 1.93. The highest BCUT2D eigenvalue weighted by molar-refractivity contribution is 5.87. The van der Waals surface area contributed by atoms with E-state index in [2.05, 4.69) is 23.8 Å². The Balaban J connectivity index is 3.47. The lowest BCUT2D eigenvalue weighted by molar-refractivity contribution is -0.139. The Bertz CT molecular complexity index is 394. The lowest BCUT2D eigenvalue weighted by Crippen LogP contribution is -2.37. The summed E-state index contributed by atoms with van der Waals surface area (Å²) in [5.74, 6) is -0.873. The maximum atomic E-state index is 11.4. The normalized spacial score (nSPS) is 9.55. The minimum absolute atomic E-state index is 0.225. The van der Waals surface area contributed by atoms with Gasteiger partial charge < -0.3 is 20.1 Å². The fourth-order valence-electron chi connectivity index (χ4n) is 1.19. The molecule has 2 N–H and O–H groups in total. The van der Waals surface area contributed by atoms with Crippen molar-refractivity contribution in [3.63, 3.8) is 0 Å². The van der Waals surface area contributed by atoms with Gasteiger partial charge in [0.1, 0.15) is 0 Å². The van der Waals surface area contributed by atoms with Crippen LogP contribution in [0.5, 0.6) is 0 Å². The first-order chi connectivity index (χ1) is 10.3. The van der Waals surface area contributed by atoms with E-state index in [1.54, 1.807) is 13.8 Å². The van der Waals surface area contributed by atoms with Gasteiger partial charge in [-0.25, -0.2) is 14.4 Å². The van der Waals surface area contributed by atoms with Gasteiger partial charge in [0.15, 0.2) is 0 Å². The van der Waals surface area contributed by atoms with Gasteiger partial charge in [-0.3, -0.25) is 0 Å². The van der Waals surface area contributed by atoms with E-state index in [0.29, 0.717) is 37.1 Å². The van der Waals surface area contributed by atoms with Crippen molar-refractivity contribution in [2.24, 2.45) is 0 Å². The molecule has 0 radical (unpaired) electrons. The molecule has 0 spiro atoms. The van der Waals surface area contributed by atoms with Gasteiger partial charge in [0.05, 0.1) is 13.2 Å². The van der Waals surface area contributed by atoms with Gasteiger partial charge in [-0.15, -0.1) is 0 Å². The van der Waals surface area contributed by atoms with Gasteiger partial charge in [-0.2, -0.15) is 0 Å². The lowest BCUT2D eigenvalue weighted by Gasteiger charge is -2.08. The molecule has 0 aliphatic heterocycles. The summed E-state index contributed by atoms with van der Waals surface area (Å²) in [5.41, 5.74) is 0.691. The van der Waals surface area contributed by atoms with Crippen LogP contribution in [0.2, 0.25) is 0 Å². The summed E-state index contributed by atoms with van der Waals surface area (Å²) in [6, 6.07) is -0.322. The number of carbonyl (C=O) groups is 3. The van der Waals surface area contributed by atoms with Crippen LogP contribution < -0.4 is 10.6 Å². The molecule has 0 saturated carbocycles. The molecular formula is C15H24N2O5. The maximum Gasteiger partial charge on any atom is 0.333 e. The average Bonchev–Trinajstić information content (AvgIpc) is 2.45. The molecule has 0 unspecified atom stereocenters. The molecule has 0 aliphatic rings. The van der Waals surface area contributed by atoms with Crippen molar-refractivity contribution < 1.29 is 23.9 Å². The van der Waals surface area contributed by atoms with Crippen molar-refractivity contribution in [1.29, 1.82) is 0 Å². The summed E-state index contributed by atoms with van der Waals surface area (Å²) in [5, 5.41) is 5.24. The van der Waals surface area contributed by atoms with Crippen molar-refractivity contribution in [1.82, 2.24) is 10.6 Å². The molecule has 22 heavy (non-hydrogen) atoms. The van der Waals surface area contributed by atoms with Crippen LogP contribution in [0.1, 0.15) is 26.7 Å². The smallest absolute Gasteiger partial charge is 0.333 e. The number of hydrogen-bond acceptors (Lipinski definition) is 5. The van der Waals surface area contributed by atoms with E-state index in [0.717, 1.165) is 0 Å². The highest BCUT2D eigenvalue weighted by atomic mass is 16.5. The van der Waals surface area contributed by atoms with Crippen LogP contribution in [0, 0.1) is 0 Å². The number of amides is 2. The number of nitrogens with one attached hydrogen (secondary N) is 2. The third-order valence-electron chi connectivity index (χ3n) is 2.38. The molecule has 0 atom stereocenters. The van der Waals surface area contributed by atoms with Crippen LogP contribution >= 0.6 is 0 Å². The van der Waals surface area contributed by atoms with Crippen molar-refractivity contribution in [2.75, 3.05) is 26.3 Å². The minimum atomic E-state index is -0.436. The van der Waals surface area contributed by atoms with Gasteiger partial charge in [-0.1, -0.05) is 13.2 Å². The zero-order valence-corrected chi connectivity index (χ0v) is 13.2. The molecule has 124 valence electrons. The molecule has 0 fully saturated rings. The SMILES string of the molecule is C=C(C)C(=O)OCCCNC(=O)NCCCOC(=O)C(=C)C. The third-order valence-corrected chi connectivity index (χ3v) is 2.38. The zero-order chi connectivity index (χ0) is 17.0. The van der Waals surface area contributed by atoms with E-state index in [1.165, 1.54) is 0 Å². The first-order valence-electron chi connectivity index (χ1n) is 7.01. The molecule has 0 heterocycles. The molecule has 7 nitrogen and oxygen atoms in total. The Hall–Kier alpha value is -2.31. The summed E-state index contributed by atoms with van der Waals surface area (Å²) in [4.78, 5) is 33.5. The molecule has 2 amide bonds. The Labute approximate surface area is 130 Å². The largest absolute Gasteiger partial charge is 0.462 e. The van der Waals surface area contributed by atoms with Crippen molar-refractivity contribution in [2.45, 2.75) is 26.7 Å². The minimum Gasteiger partial charge on any atom is -0.462 e. The maximum absolute atomic E-state index is 11.4. The zero-order valence-electron chi connectivity index (χ0n) is 13.2. The molecule has 0 aliphatic carbocycles. The molecule has 0 bridgehead atoms. The highest BCUT2D eigenvalue weighted by Gasteiger charge is 2.04. The Morgan fingerprint density at radius 2 is 1.18 bits per heavy atom. The van der Waals surface area contributed by atoms with E-state index >= 15 is 0 Å². The van der Waals surface area contributed by atoms with Crippen LogP contribution in [0.3, 0.4) is 0 Å². The fraction of sp³-hybridized carbons (Fsp3) is 0.533. The van der Waals surface area contributed by atoms with Crippen LogP contribution in [-0.4, -0.2) is 44.3 Å². The summed E-state index contributed by atoms with van der Waals surface area (Å²) < 4.78 is 9.75. The van der Waals surface area contributed by atoms with Gasteiger partial charge in [-0.05, 0) is 26.7 Å². The molecule has 7 heteroatoms. The van der Waals surface area contributed by atoms with E-state index < -0.39 is 11.9 Å². The summed E-state index contributed by atoms with van der Waals surface area (Å²) in [7, 11) is 0. The second-order valence-corrected chi connectivity index (χ2v) is 4.72. The predicted molar refractivity (Wildman–Crippen MR) is 82.2 cm³/mol. The second-order valence-electron chi connectivity index (χ2n) is 4.72. The number of ether oxygens (including phenoxy) is 2. The van der Waals surface area contributed by atoms with Crippen LogP contribution in [0.4, 0.5) is 4.79 Å².